The molecule has 0 spiro atoms. The second-order valence-corrected chi connectivity index (χ2v) is 13.2. The van der Waals surface area contributed by atoms with Crippen LogP contribution in [0.15, 0.2) is 127 Å². The number of pyridine rings is 1. The molecule has 7 aromatic rings. The summed E-state index contributed by atoms with van der Waals surface area (Å²) in [6.45, 7) is 8.56. The molecule has 0 bridgehead atoms. The van der Waals surface area contributed by atoms with E-state index in [1.54, 1.807) is 0 Å². The molecule has 0 radical (unpaired) electrons. The van der Waals surface area contributed by atoms with Gasteiger partial charge in [-0.25, -0.2) is 15.0 Å². The maximum absolute atomic E-state index is 9.62. The zero-order chi connectivity index (χ0) is 33.7. The van der Waals surface area contributed by atoms with Crippen molar-refractivity contribution in [1.29, 1.82) is 5.26 Å². The highest BCUT2D eigenvalue weighted by molar-refractivity contribution is 5.86. The van der Waals surface area contributed by atoms with Crippen LogP contribution in [0.1, 0.15) is 41.9 Å². The van der Waals surface area contributed by atoms with Crippen LogP contribution < -0.4 is 0 Å². The zero-order valence-corrected chi connectivity index (χ0v) is 27.9. The Bertz CT molecular complexity index is 2380. The Labute approximate surface area is 286 Å². The van der Waals surface area contributed by atoms with E-state index < -0.39 is 0 Å². The Balaban J connectivity index is 1.34. The van der Waals surface area contributed by atoms with Crippen molar-refractivity contribution in [2.45, 2.75) is 33.1 Å². The molecule has 0 N–H and O–H groups in total. The summed E-state index contributed by atoms with van der Waals surface area (Å²) >= 11 is 0. The molecule has 2 aromatic heterocycles. The number of nitrogens with zero attached hydrogens (tertiary/aromatic N) is 5. The molecule has 0 aliphatic heterocycles. The van der Waals surface area contributed by atoms with Crippen molar-refractivity contribution >= 4 is 0 Å². The third-order valence-electron chi connectivity index (χ3n) is 9.57. The normalized spacial score (nSPS) is 12.6. The van der Waals surface area contributed by atoms with Crippen molar-refractivity contribution in [3.8, 4) is 73.6 Å². The van der Waals surface area contributed by atoms with Crippen molar-refractivity contribution in [3.05, 3.63) is 155 Å². The second kappa shape index (κ2) is 11.8. The van der Waals surface area contributed by atoms with E-state index in [9.17, 15) is 5.26 Å². The number of fused-ring (bicyclic) bond motifs is 3. The number of aryl methyl sites for hydroxylation is 2. The molecule has 0 saturated carbocycles. The molecule has 1 aliphatic rings. The number of hydrogen-bond donors (Lipinski definition) is 0. The van der Waals surface area contributed by atoms with Gasteiger partial charge in [-0.1, -0.05) is 98.8 Å². The van der Waals surface area contributed by atoms with Crippen LogP contribution in [0.2, 0.25) is 0 Å². The van der Waals surface area contributed by atoms with Gasteiger partial charge in [-0.05, 0) is 95.3 Å². The lowest BCUT2D eigenvalue weighted by Gasteiger charge is -2.22. The van der Waals surface area contributed by atoms with Crippen LogP contribution in [0.25, 0.3) is 67.5 Å². The topological polar surface area (TPSA) is 75.3 Å². The smallest absolute Gasteiger partial charge is 0.164 e. The van der Waals surface area contributed by atoms with E-state index in [-0.39, 0.29) is 5.41 Å². The summed E-state index contributed by atoms with van der Waals surface area (Å²) in [5, 5.41) is 9.62. The summed E-state index contributed by atoms with van der Waals surface area (Å²) in [4.78, 5) is 19.9. The largest absolute Gasteiger partial charge is 0.258 e. The average Bonchev–Trinajstić information content (AvgIpc) is 3.36. The lowest BCUT2D eigenvalue weighted by atomic mass is 9.81. The van der Waals surface area contributed by atoms with Gasteiger partial charge >= 0.3 is 0 Å². The minimum atomic E-state index is -0.255. The van der Waals surface area contributed by atoms with Crippen LogP contribution >= 0.6 is 0 Å². The maximum Gasteiger partial charge on any atom is 0.164 e. The van der Waals surface area contributed by atoms with E-state index in [1.165, 1.54) is 22.3 Å². The second-order valence-electron chi connectivity index (χ2n) is 13.2. The minimum absolute atomic E-state index is 0.255. The van der Waals surface area contributed by atoms with Crippen LogP contribution in [0, 0.1) is 25.2 Å². The molecule has 8 rings (SSSR count). The number of benzene rings is 5. The zero-order valence-electron chi connectivity index (χ0n) is 27.9. The molecule has 49 heavy (non-hydrogen) atoms. The fraction of sp³-hybridized carbons (Fsp3) is 0.114. The Hall–Kier alpha value is -6.25. The number of aromatic nitrogens is 4. The molecular weight excluding hydrogens is 599 g/mol. The summed E-state index contributed by atoms with van der Waals surface area (Å²) in [5.74, 6) is 1.85. The van der Waals surface area contributed by atoms with Crippen LogP contribution in [0.3, 0.4) is 0 Å². The SMILES string of the molecule is Cc1ccc(-c2cc(-c3ccc4c(c3)C(C)(C)c3cc(C#N)ccc3-4)cc(-c3nc(-c4ccccc4)nc(-c4ccccc4)n3)c2)c(C)n1. The van der Waals surface area contributed by atoms with Gasteiger partial charge in [0.1, 0.15) is 0 Å². The predicted molar refractivity (Wildman–Crippen MR) is 197 cm³/mol. The van der Waals surface area contributed by atoms with Gasteiger partial charge in [0.2, 0.25) is 0 Å². The summed E-state index contributed by atoms with van der Waals surface area (Å²) in [5.41, 5.74) is 14.2. The van der Waals surface area contributed by atoms with Gasteiger partial charge in [-0.3, -0.25) is 4.98 Å². The van der Waals surface area contributed by atoms with Crippen LogP contribution in [-0.4, -0.2) is 19.9 Å². The molecular formula is C44H33N5. The van der Waals surface area contributed by atoms with Gasteiger partial charge in [-0.15, -0.1) is 0 Å². The Morgan fingerprint density at radius 3 is 1.61 bits per heavy atom. The third kappa shape index (κ3) is 5.38. The van der Waals surface area contributed by atoms with E-state index in [1.807, 2.05) is 79.7 Å². The first-order valence-electron chi connectivity index (χ1n) is 16.5. The van der Waals surface area contributed by atoms with Gasteiger partial charge in [0, 0.05) is 39.1 Å². The van der Waals surface area contributed by atoms with E-state index in [2.05, 4.69) is 81.4 Å². The standard InChI is InChI=1S/C44H33N5/c1-27-15-18-36(28(2)46-27)34-22-33(32-17-20-38-37-19-16-29(26-45)21-39(37)44(3,4)40(38)25-32)23-35(24-34)43-48-41(30-11-7-5-8-12-30)47-42(49-43)31-13-9-6-10-14-31/h5-25H,1-4H3. The third-order valence-corrected chi connectivity index (χ3v) is 9.57. The average molecular weight is 632 g/mol. The molecule has 0 atom stereocenters. The summed E-state index contributed by atoms with van der Waals surface area (Å²) in [7, 11) is 0. The maximum atomic E-state index is 9.62. The molecule has 5 aromatic carbocycles. The highest BCUT2D eigenvalue weighted by atomic mass is 15.0. The number of nitriles is 1. The van der Waals surface area contributed by atoms with Gasteiger partial charge in [0.25, 0.3) is 0 Å². The molecule has 5 nitrogen and oxygen atoms in total. The summed E-state index contributed by atoms with van der Waals surface area (Å²) in [6, 6.07) is 46.0. The number of hydrogen-bond acceptors (Lipinski definition) is 5. The van der Waals surface area contributed by atoms with Gasteiger partial charge < -0.3 is 0 Å². The summed E-state index contributed by atoms with van der Waals surface area (Å²) in [6.07, 6.45) is 0. The van der Waals surface area contributed by atoms with Gasteiger partial charge in [-0.2, -0.15) is 5.26 Å². The molecule has 2 heterocycles. The van der Waals surface area contributed by atoms with E-state index in [0.717, 1.165) is 50.3 Å². The van der Waals surface area contributed by atoms with Crippen molar-refractivity contribution in [2.24, 2.45) is 0 Å². The quantitative estimate of drug-likeness (QED) is 0.189. The fourth-order valence-electron chi connectivity index (χ4n) is 6.99. The minimum Gasteiger partial charge on any atom is -0.258 e. The molecule has 234 valence electrons. The van der Waals surface area contributed by atoms with Crippen LogP contribution in [-0.2, 0) is 5.41 Å². The molecule has 0 amide bonds. The van der Waals surface area contributed by atoms with E-state index >= 15 is 0 Å². The van der Waals surface area contributed by atoms with Gasteiger partial charge in [0.05, 0.1) is 11.6 Å². The first kappa shape index (κ1) is 30.1. The van der Waals surface area contributed by atoms with Crippen molar-refractivity contribution in [2.75, 3.05) is 0 Å². The fourth-order valence-corrected chi connectivity index (χ4v) is 6.99. The van der Waals surface area contributed by atoms with Crippen LogP contribution in [0.4, 0.5) is 0 Å². The van der Waals surface area contributed by atoms with Crippen LogP contribution in [0.5, 0.6) is 0 Å². The van der Waals surface area contributed by atoms with Crippen molar-refractivity contribution in [1.82, 2.24) is 19.9 Å². The van der Waals surface area contributed by atoms with Gasteiger partial charge in [0.15, 0.2) is 17.5 Å². The Morgan fingerprint density at radius 1 is 0.469 bits per heavy atom. The Kier molecular flexibility index (Phi) is 7.23. The summed E-state index contributed by atoms with van der Waals surface area (Å²) < 4.78 is 0. The molecule has 1 aliphatic carbocycles. The Morgan fingerprint density at radius 2 is 1.00 bits per heavy atom. The lowest BCUT2D eigenvalue weighted by Crippen LogP contribution is -2.15. The molecule has 0 fully saturated rings. The highest BCUT2D eigenvalue weighted by Crippen LogP contribution is 2.50. The predicted octanol–water partition coefficient (Wildman–Crippen LogP) is 10.4. The lowest BCUT2D eigenvalue weighted by molar-refractivity contribution is 0.660. The first-order valence-corrected chi connectivity index (χ1v) is 16.5. The van der Waals surface area contributed by atoms with E-state index in [0.29, 0.717) is 23.0 Å². The number of rotatable bonds is 5. The van der Waals surface area contributed by atoms with Crippen molar-refractivity contribution in [3.63, 3.8) is 0 Å². The monoisotopic (exact) mass is 631 g/mol. The molecule has 0 unspecified atom stereocenters. The van der Waals surface area contributed by atoms with Crippen molar-refractivity contribution < 1.29 is 0 Å². The first-order chi connectivity index (χ1) is 23.8. The molecule has 5 heteroatoms. The highest BCUT2D eigenvalue weighted by Gasteiger charge is 2.36. The molecule has 0 saturated heterocycles. The van der Waals surface area contributed by atoms with E-state index in [4.69, 9.17) is 19.9 Å².